The lowest BCUT2D eigenvalue weighted by molar-refractivity contribution is 0.175. The summed E-state index contributed by atoms with van der Waals surface area (Å²) in [4.78, 5) is 38.4. The Hall–Kier alpha value is -5.56. The van der Waals surface area contributed by atoms with E-state index in [1.807, 2.05) is 42.5 Å². The van der Waals surface area contributed by atoms with Crippen LogP contribution in [0.3, 0.4) is 0 Å². The summed E-state index contributed by atoms with van der Waals surface area (Å²) < 4.78 is 5.53. The summed E-state index contributed by atoms with van der Waals surface area (Å²) in [6.07, 6.45) is -0.879. The van der Waals surface area contributed by atoms with Gasteiger partial charge in [-0.1, -0.05) is 60.1 Å². The summed E-state index contributed by atoms with van der Waals surface area (Å²) in [5.74, 6) is 0.383. The summed E-state index contributed by atoms with van der Waals surface area (Å²) in [5, 5.41) is 42.3. The average molecular weight is 686 g/mol. The van der Waals surface area contributed by atoms with Crippen LogP contribution in [-0.4, -0.2) is 52.6 Å². The van der Waals surface area contributed by atoms with Crippen molar-refractivity contribution >= 4 is 46.0 Å². The molecule has 0 fully saturated rings. The molecule has 0 unspecified atom stereocenters. The zero-order valence-corrected chi connectivity index (χ0v) is 27.3. The molecular formula is C36H36ClN5O7. The number of urea groups is 1. The van der Waals surface area contributed by atoms with E-state index in [-0.39, 0.29) is 29.9 Å². The number of aromatic nitrogens is 1. The van der Waals surface area contributed by atoms with E-state index in [0.717, 1.165) is 16.7 Å². The molecule has 0 saturated carbocycles. The fraction of sp³-hybridized carbons (Fsp3) is 0.194. The van der Waals surface area contributed by atoms with Crippen LogP contribution in [0, 0.1) is 0 Å². The highest BCUT2D eigenvalue weighted by Crippen LogP contribution is 2.32. The minimum atomic E-state index is -1.15. The van der Waals surface area contributed by atoms with Gasteiger partial charge in [0.1, 0.15) is 11.5 Å². The van der Waals surface area contributed by atoms with E-state index in [1.54, 1.807) is 30.3 Å². The first-order chi connectivity index (χ1) is 23.6. The molecule has 1 aromatic heterocycles. The number of aromatic hydroxyl groups is 1. The molecule has 12 nitrogen and oxygen atoms in total. The Morgan fingerprint density at radius 2 is 1.76 bits per heavy atom. The van der Waals surface area contributed by atoms with Crippen LogP contribution in [0.5, 0.6) is 11.5 Å². The number of pyridine rings is 1. The molecule has 1 heterocycles. The Labute approximate surface area is 286 Å². The highest BCUT2D eigenvalue weighted by atomic mass is 35.5. The molecule has 13 heteroatoms. The highest BCUT2D eigenvalue weighted by Gasteiger charge is 2.16. The minimum Gasteiger partial charge on any atom is -0.506 e. The molecule has 0 spiro atoms. The second-order valence-corrected chi connectivity index (χ2v) is 11.6. The molecule has 0 aliphatic heterocycles. The zero-order valence-electron chi connectivity index (χ0n) is 26.5. The molecule has 0 saturated heterocycles. The number of fused-ring (bicyclic) bond motifs is 1. The number of carboxylic acid groups (broad SMARTS) is 1. The van der Waals surface area contributed by atoms with E-state index in [1.165, 1.54) is 19.2 Å². The number of hydrogen-bond donors (Lipinski definition) is 8. The molecule has 4 aromatic carbocycles. The molecule has 8 N–H and O–H groups in total. The number of amides is 3. The van der Waals surface area contributed by atoms with Gasteiger partial charge in [-0.3, -0.25) is 10.1 Å². The van der Waals surface area contributed by atoms with Gasteiger partial charge in [-0.2, -0.15) is 0 Å². The van der Waals surface area contributed by atoms with Crippen molar-refractivity contribution in [1.82, 2.24) is 15.6 Å². The average Bonchev–Trinajstić information content (AvgIpc) is 3.08. The van der Waals surface area contributed by atoms with E-state index in [4.69, 9.17) is 16.3 Å². The van der Waals surface area contributed by atoms with Gasteiger partial charge in [-0.15, -0.1) is 0 Å². The topological polar surface area (TPSA) is 185 Å². The number of aliphatic hydroxyl groups is 1. The number of halogens is 1. The largest absolute Gasteiger partial charge is 0.506 e. The van der Waals surface area contributed by atoms with Crippen molar-refractivity contribution < 1.29 is 29.6 Å². The summed E-state index contributed by atoms with van der Waals surface area (Å²) >= 11 is 6.51. The smallest absolute Gasteiger partial charge is 0.409 e. The van der Waals surface area contributed by atoms with Gasteiger partial charge in [0.25, 0.3) is 0 Å². The molecule has 0 aliphatic rings. The number of carbonyl (C=O) groups is 2. The SMILES string of the molecule is COc1cc(NC(=O)NCCCc2ccc(-c3ccccc3)c(NC(=O)O)c2)c(Cl)cc1CNC[C@@H](O)c1ccc(O)c2[nH]c(=O)ccc12. The third-order valence-corrected chi connectivity index (χ3v) is 8.19. The third-order valence-electron chi connectivity index (χ3n) is 7.88. The number of rotatable bonds is 13. The number of H-pyrrole nitrogens is 1. The monoisotopic (exact) mass is 685 g/mol. The predicted molar refractivity (Wildman–Crippen MR) is 190 cm³/mol. The second-order valence-electron chi connectivity index (χ2n) is 11.2. The van der Waals surface area contributed by atoms with E-state index in [2.05, 4.69) is 26.3 Å². The van der Waals surface area contributed by atoms with Gasteiger partial charge >= 0.3 is 12.1 Å². The lowest BCUT2D eigenvalue weighted by Gasteiger charge is -2.17. The van der Waals surface area contributed by atoms with E-state index < -0.39 is 18.2 Å². The second kappa shape index (κ2) is 16.0. The first kappa shape index (κ1) is 34.8. The molecule has 0 aliphatic carbocycles. The quantitative estimate of drug-likeness (QED) is 0.0670. The number of aryl methyl sites for hydroxylation is 1. The summed E-state index contributed by atoms with van der Waals surface area (Å²) in [7, 11) is 1.50. The third kappa shape index (κ3) is 8.87. The van der Waals surface area contributed by atoms with Crippen molar-refractivity contribution in [2.75, 3.05) is 30.8 Å². The van der Waals surface area contributed by atoms with Crippen molar-refractivity contribution in [1.29, 1.82) is 0 Å². The van der Waals surface area contributed by atoms with Crippen LogP contribution >= 0.6 is 11.6 Å². The van der Waals surface area contributed by atoms with Crippen molar-refractivity contribution in [3.63, 3.8) is 0 Å². The molecule has 1 atom stereocenters. The molecule has 3 amide bonds. The van der Waals surface area contributed by atoms with Crippen LogP contribution in [-0.2, 0) is 13.0 Å². The molecule has 5 aromatic rings. The van der Waals surface area contributed by atoms with Crippen LogP contribution in [0.2, 0.25) is 5.02 Å². The van der Waals surface area contributed by atoms with Crippen LogP contribution in [0.1, 0.15) is 29.2 Å². The maximum absolute atomic E-state index is 12.7. The van der Waals surface area contributed by atoms with E-state index in [9.17, 15) is 29.7 Å². The number of methoxy groups -OCH3 is 1. The van der Waals surface area contributed by atoms with E-state index >= 15 is 0 Å². The van der Waals surface area contributed by atoms with Gasteiger partial charge < -0.3 is 41.0 Å². The Morgan fingerprint density at radius 1 is 0.959 bits per heavy atom. The number of nitrogens with one attached hydrogen (secondary N) is 5. The number of ether oxygens (including phenoxy) is 1. The molecule has 0 bridgehead atoms. The molecule has 49 heavy (non-hydrogen) atoms. The Bertz CT molecular complexity index is 2020. The zero-order chi connectivity index (χ0) is 34.9. The maximum Gasteiger partial charge on any atom is 0.409 e. The number of aliphatic hydroxyl groups excluding tert-OH is 1. The minimum absolute atomic E-state index is 0.0887. The molecule has 0 radical (unpaired) electrons. The van der Waals surface area contributed by atoms with Crippen molar-refractivity contribution in [2.45, 2.75) is 25.5 Å². The van der Waals surface area contributed by atoms with Crippen LogP contribution in [0.15, 0.2) is 89.7 Å². The fourth-order valence-corrected chi connectivity index (χ4v) is 5.75. The maximum atomic E-state index is 12.7. The van der Waals surface area contributed by atoms with Crippen molar-refractivity contribution in [3.8, 4) is 22.6 Å². The lowest BCUT2D eigenvalue weighted by atomic mass is 9.99. The van der Waals surface area contributed by atoms with Crippen LogP contribution in [0.25, 0.3) is 22.0 Å². The standard InChI is InChI=1S/C36H36ClN5O7/c1-49-32-18-29(27(37)17-23(32)19-38-20-31(44)25-11-13-30(43)34-26(25)12-14-33(45)42-34)40-35(46)39-15-5-6-21-9-10-24(22-7-3-2-4-8-22)28(16-21)41-36(47)48/h2-4,7-14,16-18,31,38,41,43-44H,5-6,15,19-20H2,1H3,(H,42,45)(H,47,48)(H2,39,40,46)/t31-/m1/s1. The Morgan fingerprint density at radius 3 is 2.51 bits per heavy atom. The fourth-order valence-electron chi connectivity index (χ4n) is 5.52. The van der Waals surface area contributed by atoms with E-state index in [0.29, 0.717) is 58.0 Å². The first-order valence-electron chi connectivity index (χ1n) is 15.5. The predicted octanol–water partition coefficient (Wildman–Crippen LogP) is 6.23. The number of phenolic OH excluding ortho intramolecular Hbond substituents is 1. The normalized spacial score (nSPS) is 11.6. The Balaban J connectivity index is 1.13. The first-order valence-corrected chi connectivity index (χ1v) is 15.8. The highest BCUT2D eigenvalue weighted by molar-refractivity contribution is 6.33. The van der Waals surface area contributed by atoms with Gasteiger partial charge in [0, 0.05) is 48.3 Å². The van der Waals surface area contributed by atoms with Crippen LogP contribution in [0.4, 0.5) is 21.0 Å². The van der Waals surface area contributed by atoms with Gasteiger partial charge in [-0.25, -0.2) is 9.59 Å². The molecule has 5 rings (SSSR count). The Kier molecular flexibility index (Phi) is 11.4. The number of phenols is 1. The number of carbonyl (C=O) groups excluding carboxylic acids is 1. The summed E-state index contributed by atoms with van der Waals surface area (Å²) in [6, 6.07) is 23.9. The number of aromatic amines is 1. The van der Waals surface area contributed by atoms with Crippen molar-refractivity contribution in [3.05, 3.63) is 117 Å². The number of hydrogen-bond acceptors (Lipinski definition) is 7. The van der Waals surface area contributed by atoms with Gasteiger partial charge in [0.15, 0.2) is 0 Å². The molecular weight excluding hydrogens is 650 g/mol. The molecule has 254 valence electrons. The lowest BCUT2D eigenvalue weighted by Crippen LogP contribution is -2.30. The van der Waals surface area contributed by atoms with Crippen molar-refractivity contribution in [2.24, 2.45) is 0 Å². The summed E-state index contributed by atoms with van der Waals surface area (Å²) in [5.41, 5.74) is 4.56. The van der Waals surface area contributed by atoms with Gasteiger partial charge in [-0.05, 0) is 53.8 Å². The number of anilines is 2. The number of benzene rings is 4. The van der Waals surface area contributed by atoms with Gasteiger partial charge in [0.2, 0.25) is 5.56 Å². The van der Waals surface area contributed by atoms with Gasteiger partial charge in [0.05, 0.1) is 35.1 Å². The summed E-state index contributed by atoms with van der Waals surface area (Å²) in [6.45, 7) is 0.797. The van der Waals surface area contributed by atoms with Crippen LogP contribution < -0.4 is 31.6 Å².